The average molecular weight is 266 g/mol. The van der Waals surface area contributed by atoms with Gasteiger partial charge in [-0.05, 0) is 37.4 Å². The molecular formula is C15H20F2N2. The van der Waals surface area contributed by atoms with Crippen LogP contribution in [0.5, 0.6) is 0 Å². The van der Waals surface area contributed by atoms with Gasteiger partial charge in [0.2, 0.25) is 0 Å². The summed E-state index contributed by atoms with van der Waals surface area (Å²) < 4.78 is 24.9. The summed E-state index contributed by atoms with van der Waals surface area (Å²) in [6, 6.07) is 7.22. The summed E-state index contributed by atoms with van der Waals surface area (Å²) in [4.78, 5) is 2.51. The van der Waals surface area contributed by atoms with Gasteiger partial charge in [0.05, 0.1) is 0 Å². The zero-order valence-electron chi connectivity index (χ0n) is 11.0. The van der Waals surface area contributed by atoms with Crippen LogP contribution in [-0.2, 0) is 6.54 Å². The Balaban J connectivity index is 1.54. The Kier molecular flexibility index (Phi) is 3.80. The lowest BCUT2D eigenvalue weighted by atomic mass is 9.84. The second-order valence-corrected chi connectivity index (χ2v) is 5.67. The number of benzene rings is 1. The van der Waals surface area contributed by atoms with Gasteiger partial charge in [-0.15, -0.1) is 0 Å². The molecule has 4 rings (SSSR count). The summed E-state index contributed by atoms with van der Waals surface area (Å²) >= 11 is 0. The van der Waals surface area contributed by atoms with Gasteiger partial charge in [-0.2, -0.15) is 0 Å². The van der Waals surface area contributed by atoms with E-state index in [4.69, 9.17) is 0 Å². The SMILES string of the molecule is FC(F)c1ccc(CNC2CN3CCC2CC3)cc1. The van der Waals surface area contributed by atoms with E-state index in [1.807, 2.05) is 0 Å². The van der Waals surface area contributed by atoms with Crippen LogP contribution in [0.1, 0.15) is 30.4 Å². The normalized spacial score (nSPS) is 29.9. The summed E-state index contributed by atoms with van der Waals surface area (Å²) in [5.74, 6) is 0.797. The van der Waals surface area contributed by atoms with Crippen LogP contribution < -0.4 is 5.32 Å². The van der Waals surface area contributed by atoms with Crippen molar-refractivity contribution in [2.75, 3.05) is 19.6 Å². The molecule has 104 valence electrons. The number of hydrogen-bond acceptors (Lipinski definition) is 2. The molecule has 0 aliphatic carbocycles. The van der Waals surface area contributed by atoms with Crippen molar-refractivity contribution >= 4 is 0 Å². The number of fused-ring (bicyclic) bond motifs is 3. The summed E-state index contributed by atoms with van der Waals surface area (Å²) in [5, 5.41) is 3.59. The third-order valence-corrected chi connectivity index (χ3v) is 4.46. The first-order valence-electron chi connectivity index (χ1n) is 7.05. The van der Waals surface area contributed by atoms with Crippen LogP contribution in [0.3, 0.4) is 0 Å². The van der Waals surface area contributed by atoms with Gasteiger partial charge in [0.1, 0.15) is 0 Å². The standard InChI is InChI=1S/C15H20F2N2/c16-15(17)13-3-1-11(2-4-13)9-18-14-10-19-7-5-12(14)6-8-19/h1-4,12,14-15,18H,5-10H2. The highest BCUT2D eigenvalue weighted by Crippen LogP contribution is 2.27. The largest absolute Gasteiger partial charge is 0.308 e. The molecule has 4 heteroatoms. The van der Waals surface area contributed by atoms with Crippen molar-refractivity contribution in [2.45, 2.75) is 31.9 Å². The Labute approximate surface area is 112 Å². The lowest BCUT2D eigenvalue weighted by Crippen LogP contribution is -2.55. The molecule has 3 aliphatic heterocycles. The summed E-state index contributed by atoms with van der Waals surface area (Å²) in [6.45, 7) is 4.40. The van der Waals surface area contributed by atoms with Gasteiger partial charge >= 0.3 is 0 Å². The van der Waals surface area contributed by atoms with E-state index >= 15 is 0 Å². The van der Waals surface area contributed by atoms with Crippen LogP contribution >= 0.6 is 0 Å². The molecule has 1 unspecified atom stereocenters. The minimum Gasteiger partial charge on any atom is -0.308 e. The number of halogens is 2. The molecule has 1 aromatic carbocycles. The van der Waals surface area contributed by atoms with E-state index in [0.29, 0.717) is 6.04 Å². The molecule has 0 spiro atoms. The van der Waals surface area contributed by atoms with E-state index in [9.17, 15) is 8.78 Å². The number of hydrogen-bond donors (Lipinski definition) is 1. The minimum atomic E-state index is -2.37. The number of alkyl halides is 2. The molecule has 2 nitrogen and oxygen atoms in total. The Morgan fingerprint density at radius 1 is 1.16 bits per heavy atom. The fourth-order valence-electron chi connectivity index (χ4n) is 3.23. The van der Waals surface area contributed by atoms with Crippen LogP contribution in [0.2, 0.25) is 0 Å². The molecule has 1 N–H and O–H groups in total. The maximum absolute atomic E-state index is 12.5. The van der Waals surface area contributed by atoms with Crippen molar-refractivity contribution in [1.29, 1.82) is 0 Å². The van der Waals surface area contributed by atoms with Gasteiger partial charge in [-0.3, -0.25) is 0 Å². The third kappa shape index (κ3) is 2.95. The van der Waals surface area contributed by atoms with E-state index in [2.05, 4.69) is 10.2 Å². The first-order chi connectivity index (χ1) is 9.22. The molecular weight excluding hydrogens is 246 g/mol. The van der Waals surface area contributed by atoms with E-state index in [-0.39, 0.29) is 5.56 Å². The maximum Gasteiger partial charge on any atom is 0.263 e. The first-order valence-corrected chi connectivity index (χ1v) is 7.05. The van der Waals surface area contributed by atoms with E-state index in [1.165, 1.54) is 38.1 Å². The van der Waals surface area contributed by atoms with Crippen LogP contribution in [-0.4, -0.2) is 30.6 Å². The highest BCUT2D eigenvalue weighted by atomic mass is 19.3. The van der Waals surface area contributed by atoms with Gasteiger partial charge in [-0.1, -0.05) is 24.3 Å². The Morgan fingerprint density at radius 3 is 2.37 bits per heavy atom. The second kappa shape index (κ2) is 5.55. The molecule has 0 amide bonds. The lowest BCUT2D eigenvalue weighted by molar-refractivity contribution is 0.0720. The first kappa shape index (κ1) is 13.0. The number of nitrogens with one attached hydrogen (secondary N) is 1. The Hall–Kier alpha value is -1.00. The molecule has 1 aromatic rings. The van der Waals surface area contributed by atoms with Crippen molar-refractivity contribution in [3.8, 4) is 0 Å². The van der Waals surface area contributed by atoms with Crippen LogP contribution in [0.25, 0.3) is 0 Å². The fraction of sp³-hybridized carbons (Fsp3) is 0.600. The van der Waals surface area contributed by atoms with Crippen molar-refractivity contribution in [1.82, 2.24) is 10.2 Å². The quantitative estimate of drug-likeness (QED) is 0.901. The van der Waals surface area contributed by atoms with Gasteiger partial charge < -0.3 is 10.2 Å². The number of piperidine rings is 3. The highest BCUT2D eigenvalue weighted by Gasteiger charge is 2.33. The number of nitrogens with zero attached hydrogens (tertiary/aromatic N) is 1. The van der Waals surface area contributed by atoms with Crippen LogP contribution in [0.4, 0.5) is 8.78 Å². The maximum atomic E-state index is 12.5. The van der Waals surface area contributed by atoms with Gasteiger partial charge in [0.15, 0.2) is 0 Å². The molecule has 1 atom stereocenters. The zero-order valence-corrected chi connectivity index (χ0v) is 11.0. The van der Waals surface area contributed by atoms with Crippen molar-refractivity contribution in [3.05, 3.63) is 35.4 Å². The summed E-state index contributed by atoms with van der Waals surface area (Å²) in [5.41, 5.74) is 1.19. The predicted molar refractivity (Wildman–Crippen MR) is 71.2 cm³/mol. The number of rotatable bonds is 4. The van der Waals surface area contributed by atoms with Gasteiger partial charge in [0.25, 0.3) is 6.43 Å². The van der Waals surface area contributed by atoms with Gasteiger partial charge in [0, 0.05) is 24.7 Å². The topological polar surface area (TPSA) is 15.3 Å². The highest BCUT2D eigenvalue weighted by molar-refractivity contribution is 5.23. The Bertz CT molecular complexity index is 411. The fourth-order valence-corrected chi connectivity index (χ4v) is 3.23. The molecule has 0 saturated carbocycles. The molecule has 3 fully saturated rings. The predicted octanol–water partition coefficient (Wildman–Crippen LogP) is 2.81. The molecule has 3 heterocycles. The lowest BCUT2D eigenvalue weighted by Gasteiger charge is -2.45. The third-order valence-electron chi connectivity index (χ3n) is 4.46. The molecule has 2 bridgehead atoms. The molecule has 3 saturated heterocycles. The van der Waals surface area contributed by atoms with E-state index in [1.54, 1.807) is 12.1 Å². The monoisotopic (exact) mass is 266 g/mol. The summed E-state index contributed by atoms with van der Waals surface area (Å²) in [7, 11) is 0. The average Bonchev–Trinajstić information content (AvgIpc) is 2.47. The second-order valence-electron chi connectivity index (χ2n) is 5.67. The van der Waals surface area contributed by atoms with Crippen LogP contribution in [0, 0.1) is 5.92 Å². The summed E-state index contributed by atoms with van der Waals surface area (Å²) in [6.07, 6.45) is 0.216. The zero-order chi connectivity index (χ0) is 13.2. The molecule has 0 radical (unpaired) electrons. The van der Waals surface area contributed by atoms with Gasteiger partial charge in [-0.25, -0.2) is 8.78 Å². The van der Waals surface area contributed by atoms with E-state index < -0.39 is 6.43 Å². The minimum absolute atomic E-state index is 0.103. The molecule has 0 aromatic heterocycles. The van der Waals surface area contributed by atoms with E-state index in [0.717, 1.165) is 24.6 Å². The van der Waals surface area contributed by atoms with Crippen molar-refractivity contribution in [2.24, 2.45) is 5.92 Å². The molecule has 19 heavy (non-hydrogen) atoms. The van der Waals surface area contributed by atoms with Crippen molar-refractivity contribution in [3.63, 3.8) is 0 Å². The van der Waals surface area contributed by atoms with Crippen LogP contribution in [0.15, 0.2) is 24.3 Å². The van der Waals surface area contributed by atoms with Crippen molar-refractivity contribution < 1.29 is 8.78 Å². The Morgan fingerprint density at radius 2 is 1.84 bits per heavy atom. The molecule has 3 aliphatic rings. The smallest absolute Gasteiger partial charge is 0.263 e.